The van der Waals surface area contributed by atoms with Crippen LogP contribution in [0.2, 0.25) is 0 Å². The lowest BCUT2D eigenvalue weighted by molar-refractivity contribution is -0.113. The molecule has 1 saturated heterocycles. The number of methoxy groups -OCH3 is 1. The van der Waals surface area contributed by atoms with E-state index in [0.717, 1.165) is 46.5 Å². The number of amidine groups is 1. The summed E-state index contributed by atoms with van der Waals surface area (Å²) in [5.41, 5.74) is 3.53. The zero-order valence-electron chi connectivity index (χ0n) is 17.6. The van der Waals surface area contributed by atoms with E-state index in [2.05, 4.69) is 9.89 Å². The number of hydrogen-bond donors (Lipinski definition) is 0. The smallest absolute Gasteiger partial charge is 0.286 e. The van der Waals surface area contributed by atoms with Gasteiger partial charge in [0.15, 0.2) is 5.17 Å². The van der Waals surface area contributed by atoms with Crippen molar-refractivity contribution in [2.45, 2.75) is 0 Å². The summed E-state index contributed by atoms with van der Waals surface area (Å²) >= 11 is 1.41. The molecule has 2 aliphatic rings. The van der Waals surface area contributed by atoms with Crippen molar-refractivity contribution in [3.8, 4) is 22.7 Å². The average molecular weight is 447 g/mol. The number of rotatable bonds is 4. The number of amides is 1. The van der Waals surface area contributed by atoms with Crippen molar-refractivity contribution >= 4 is 28.9 Å². The van der Waals surface area contributed by atoms with E-state index in [1.54, 1.807) is 7.11 Å². The number of hydrogen-bond acceptors (Lipinski definition) is 6. The fraction of sp³-hybridized carbons (Fsp3) is 0.208. The van der Waals surface area contributed by atoms with Crippen LogP contribution in [0.1, 0.15) is 5.56 Å². The SMILES string of the molecule is COc1ccc(-c2nn(-c3ccccc3)cc2/C=C2\SC(N3CCOCC3)=NC2=O)cc1. The van der Waals surface area contributed by atoms with E-state index in [1.807, 2.05) is 71.6 Å². The maximum atomic E-state index is 12.7. The van der Waals surface area contributed by atoms with Gasteiger partial charge >= 0.3 is 0 Å². The first-order chi connectivity index (χ1) is 15.7. The summed E-state index contributed by atoms with van der Waals surface area (Å²) in [5, 5.41) is 5.57. The minimum atomic E-state index is -0.218. The van der Waals surface area contributed by atoms with Crippen LogP contribution in [0.5, 0.6) is 5.75 Å². The third-order valence-corrected chi connectivity index (χ3v) is 6.35. The van der Waals surface area contributed by atoms with Crippen molar-refractivity contribution in [2.24, 2.45) is 4.99 Å². The molecule has 0 bridgehead atoms. The Kier molecular flexibility index (Phi) is 5.79. The summed E-state index contributed by atoms with van der Waals surface area (Å²) in [6, 6.07) is 17.7. The fourth-order valence-electron chi connectivity index (χ4n) is 3.61. The van der Waals surface area contributed by atoms with Gasteiger partial charge in [-0.25, -0.2) is 4.68 Å². The number of carbonyl (C=O) groups is 1. The van der Waals surface area contributed by atoms with Crippen LogP contribution in [-0.4, -0.2) is 59.2 Å². The lowest BCUT2D eigenvalue weighted by atomic mass is 10.1. The predicted octanol–water partition coefficient (Wildman–Crippen LogP) is 3.85. The average Bonchev–Trinajstić information content (AvgIpc) is 3.44. The number of carbonyl (C=O) groups excluding carboxylic acids is 1. The molecule has 0 N–H and O–H groups in total. The Morgan fingerprint density at radius 2 is 1.81 bits per heavy atom. The van der Waals surface area contributed by atoms with E-state index in [1.165, 1.54) is 11.8 Å². The van der Waals surface area contributed by atoms with Crippen molar-refractivity contribution in [1.82, 2.24) is 14.7 Å². The van der Waals surface area contributed by atoms with E-state index in [-0.39, 0.29) is 5.91 Å². The number of thioether (sulfide) groups is 1. The van der Waals surface area contributed by atoms with Gasteiger partial charge in [0.2, 0.25) is 0 Å². The summed E-state index contributed by atoms with van der Waals surface area (Å²) in [6.07, 6.45) is 3.83. The first-order valence-electron chi connectivity index (χ1n) is 10.4. The predicted molar refractivity (Wildman–Crippen MR) is 126 cm³/mol. The minimum Gasteiger partial charge on any atom is -0.497 e. The van der Waals surface area contributed by atoms with Crippen LogP contribution in [0, 0.1) is 0 Å². The standard InChI is InChI=1S/C24H22N4O3S/c1-30-20-9-7-17(8-10-20)22-18(16-28(26-22)19-5-3-2-4-6-19)15-21-23(29)25-24(32-21)27-11-13-31-14-12-27/h2-10,15-16H,11-14H2,1H3/b21-15-. The Balaban J connectivity index is 1.51. The van der Waals surface area contributed by atoms with E-state index in [0.29, 0.717) is 18.1 Å². The molecular formula is C24H22N4O3S. The first kappa shape index (κ1) is 20.5. The number of aromatic nitrogens is 2. The van der Waals surface area contributed by atoms with Gasteiger partial charge in [-0.15, -0.1) is 0 Å². The third kappa shape index (κ3) is 4.19. The first-order valence-corrected chi connectivity index (χ1v) is 11.2. The number of aliphatic imine (C=N–C) groups is 1. The highest BCUT2D eigenvalue weighted by Gasteiger charge is 2.27. The molecule has 32 heavy (non-hydrogen) atoms. The van der Waals surface area contributed by atoms with Gasteiger partial charge in [-0.2, -0.15) is 10.1 Å². The molecule has 8 heteroatoms. The number of nitrogens with zero attached hydrogens (tertiary/aromatic N) is 4. The molecule has 2 aromatic carbocycles. The quantitative estimate of drug-likeness (QED) is 0.567. The minimum absolute atomic E-state index is 0.218. The molecule has 1 amide bonds. The summed E-state index contributed by atoms with van der Waals surface area (Å²) in [4.78, 5) is 19.6. The van der Waals surface area contributed by atoms with E-state index in [4.69, 9.17) is 14.6 Å². The molecule has 0 spiro atoms. The maximum Gasteiger partial charge on any atom is 0.286 e. The molecule has 5 rings (SSSR count). The largest absolute Gasteiger partial charge is 0.497 e. The van der Waals surface area contributed by atoms with Crippen molar-refractivity contribution in [3.05, 3.63) is 71.3 Å². The van der Waals surface area contributed by atoms with Crippen LogP contribution < -0.4 is 4.74 Å². The van der Waals surface area contributed by atoms with Crippen LogP contribution in [-0.2, 0) is 9.53 Å². The lowest BCUT2D eigenvalue weighted by Gasteiger charge is -2.27. The second kappa shape index (κ2) is 9.02. The van der Waals surface area contributed by atoms with Gasteiger partial charge in [0.25, 0.3) is 5.91 Å². The number of ether oxygens (including phenoxy) is 2. The Morgan fingerprint density at radius 1 is 1.06 bits per heavy atom. The molecule has 0 radical (unpaired) electrons. The van der Waals surface area contributed by atoms with E-state index in [9.17, 15) is 4.79 Å². The molecule has 0 aliphatic carbocycles. The molecule has 0 atom stereocenters. The topological polar surface area (TPSA) is 68.9 Å². The Labute approximate surface area is 190 Å². The maximum absolute atomic E-state index is 12.7. The molecule has 0 unspecified atom stereocenters. The molecule has 3 aromatic rings. The Morgan fingerprint density at radius 3 is 2.53 bits per heavy atom. The second-order valence-electron chi connectivity index (χ2n) is 7.35. The van der Waals surface area contributed by atoms with Gasteiger partial charge in [0, 0.05) is 30.4 Å². The van der Waals surface area contributed by atoms with Crippen LogP contribution >= 0.6 is 11.8 Å². The van der Waals surface area contributed by atoms with Gasteiger partial charge in [0.1, 0.15) is 5.75 Å². The highest BCUT2D eigenvalue weighted by molar-refractivity contribution is 8.18. The Bertz CT molecular complexity index is 1180. The van der Waals surface area contributed by atoms with Gasteiger partial charge in [-0.1, -0.05) is 18.2 Å². The van der Waals surface area contributed by atoms with Gasteiger partial charge in [0.05, 0.1) is 36.6 Å². The van der Waals surface area contributed by atoms with Crippen LogP contribution in [0.25, 0.3) is 23.0 Å². The molecule has 1 fully saturated rings. The van der Waals surface area contributed by atoms with Crippen molar-refractivity contribution in [2.75, 3.05) is 33.4 Å². The molecule has 2 aliphatic heterocycles. The zero-order chi connectivity index (χ0) is 21.9. The van der Waals surface area contributed by atoms with Crippen LogP contribution in [0.4, 0.5) is 0 Å². The van der Waals surface area contributed by atoms with Gasteiger partial charge in [-0.05, 0) is 54.2 Å². The summed E-state index contributed by atoms with van der Waals surface area (Å²) < 4.78 is 12.5. The number of para-hydroxylation sites is 1. The molecular weight excluding hydrogens is 424 g/mol. The molecule has 3 heterocycles. The summed E-state index contributed by atoms with van der Waals surface area (Å²) in [5.74, 6) is 0.561. The highest BCUT2D eigenvalue weighted by atomic mass is 32.2. The Hall–Kier alpha value is -3.36. The normalized spacial score (nSPS) is 17.7. The van der Waals surface area contributed by atoms with Gasteiger partial charge in [-0.3, -0.25) is 4.79 Å². The lowest BCUT2D eigenvalue weighted by Crippen LogP contribution is -2.38. The van der Waals surface area contributed by atoms with Crippen molar-refractivity contribution in [3.63, 3.8) is 0 Å². The fourth-order valence-corrected chi connectivity index (χ4v) is 4.56. The molecule has 162 valence electrons. The van der Waals surface area contributed by atoms with Crippen molar-refractivity contribution in [1.29, 1.82) is 0 Å². The number of benzene rings is 2. The van der Waals surface area contributed by atoms with Crippen LogP contribution in [0.3, 0.4) is 0 Å². The summed E-state index contributed by atoms with van der Waals surface area (Å²) in [6.45, 7) is 2.79. The summed E-state index contributed by atoms with van der Waals surface area (Å²) in [7, 11) is 1.64. The number of morpholine rings is 1. The second-order valence-corrected chi connectivity index (χ2v) is 8.36. The zero-order valence-corrected chi connectivity index (χ0v) is 18.4. The monoisotopic (exact) mass is 446 g/mol. The molecule has 1 aromatic heterocycles. The van der Waals surface area contributed by atoms with Crippen molar-refractivity contribution < 1.29 is 14.3 Å². The highest BCUT2D eigenvalue weighted by Crippen LogP contribution is 2.33. The van der Waals surface area contributed by atoms with E-state index < -0.39 is 0 Å². The molecule has 7 nitrogen and oxygen atoms in total. The molecule has 0 saturated carbocycles. The van der Waals surface area contributed by atoms with Crippen LogP contribution in [0.15, 0.2) is 70.7 Å². The van der Waals surface area contributed by atoms with Gasteiger partial charge < -0.3 is 14.4 Å². The third-order valence-electron chi connectivity index (χ3n) is 5.30. The van der Waals surface area contributed by atoms with E-state index >= 15 is 0 Å².